The van der Waals surface area contributed by atoms with Gasteiger partial charge in [-0.2, -0.15) is 0 Å². The van der Waals surface area contributed by atoms with Crippen molar-refractivity contribution in [1.82, 2.24) is 9.88 Å². The topological polar surface area (TPSA) is 55.6 Å². The largest absolute Gasteiger partial charge is 0.441 e. The third kappa shape index (κ3) is 2.98. The summed E-state index contributed by atoms with van der Waals surface area (Å²) in [7, 11) is 0. The summed E-state index contributed by atoms with van der Waals surface area (Å²) in [5, 5.41) is 0. The van der Waals surface area contributed by atoms with Crippen LogP contribution in [0.5, 0.6) is 0 Å². The monoisotopic (exact) mass is 314 g/mol. The molecule has 1 aromatic heterocycles. The number of carbonyl (C=O) groups is 1. The van der Waals surface area contributed by atoms with Crippen molar-refractivity contribution in [2.45, 2.75) is 50.7 Å². The van der Waals surface area contributed by atoms with Crippen LogP contribution in [0.25, 0.3) is 11.1 Å². The lowest BCUT2D eigenvalue weighted by atomic mass is 10.1. The van der Waals surface area contributed by atoms with Gasteiger partial charge in [0, 0.05) is 19.4 Å². The predicted molar refractivity (Wildman–Crippen MR) is 86.0 cm³/mol. The number of oxazole rings is 1. The van der Waals surface area contributed by atoms with Gasteiger partial charge in [0.25, 0.3) is 0 Å². The van der Waals surface area contributed by atoms with Crippen molar-refractivity contribution < 1.29 is 13.9 Å². The highest BCUT2D eigenvalue weighted by molar-refractivity contribution is 5.77. The SMILES string of the molecule is O=C(CCCc1nc2ccccc2o1)N1CCO[C@@H]2CCC[C@H]21. The number of ether oxygens (including phenoxy) is 1. The number of aryl methyl sites for hydroxylation is 1. The molecule has 23 heavy (non-hydrogen) atoms. The fraction of sp³-hybridized carbons (Fsp3) is 0.556. The molecule has 0 bridgehead atoms. The highest BCUT2D eigenvalue weighted by Gasteiger charge is 2.37. The van der Waals surface area contributed by atoms with Crippen LogP contribution in [0.3, 0.4) is 0 Å². The highest BCUT2D eigenvalue weighted by atomic mass is 16.5. The molecule has 0 unspecified atom stereocenters. The Morgan fingerprint density at radius 1 is 1.30 bits per heavy atom. The number of benzene rings is 1. The minimum atomic E-state index is 0.251. The first-order chi connectivity index (χ1) is 11.3. The molecule has 1 aromatic carbocycles. The van der Waals surface area contributed by atoms with Gasteiger partial charge in [-0.05, 0) is 37.8 Å². The Hall–Kier alpha value is -1.88. The second-order valence-corrected chi connectivity index (χ2v) is 6.42. The molecular weight excluding hydrogens is 292 g/mol. The van der Waals surface area contributed by atoms with E-state index in [0.717, 1.165) is 42.8 Å². The Morgan fingerprint density at radius 3 is 3.13 bits per heavy atom. The summed E-state index contributed by atoms with van der Waals surface area (Å²) in [5.74, 6) is 0.973. The fourth-order valence-electron chi connectivity index (χ4n) is 3.80. The number of hydrogen-bond acceptors (Lipinski definition) is 4. The summed E-state index contributed by atoms with van der Waals surface area (Å²) in [6.45, 7) is 1.42. The molecule has 1 aliphatic heterocycles. The standard InChI is InChI=1S/C18H22N2O3/c21-18(20-11-12-22-16-8-3-6-14(16)20)10-4-9-17-19-13-5-1-2-7-15(13)23-17/h1-2,5,7,14,16H,3-4,6,8-12H2/t14-,16-/m1/s1. The zero-order chi connectivity index (χ0) is 15.6. The van der Waals surface area contributed by atoms with Gasteiger partial charge in [0.2, 0.25) is 5.91 Å². The van der Waals surface area contributed by atoms with Gasteiger partial charge in [0.1, 0.15) is 5.52 Å². The molecule has 0 spiro atoms. The van der Waals surface area contributed by atoms with Gasteiger partial charge in [-0.15, -0.1) is 0 Å². The highest BCUT2D eigenvalue weighted by Crippen LogP contribution is 2.30. The number of fused-ring (bicyclic) bond motifs is 2. The van der Waals surface area contributed by atoms with Gasteiger partial charge in [-0.3, -0.25) is 4.79 Å². The molecule has 1 saturated carbocycles. The summed E-state index contributed by atoms with van der Waals surface area (Å²) >= 11 is 0. The lowest BCUT2D eigenvalue weighted by Crippen LogP contribution is -2.51. The van der Waals surface area contributed by atoms with Crippen LogP contribution in [-0.4, -0.2) is 41.1 Å². The Morgan fingerprint density at radius 2 is 2.22 bits per heavy atom. The molecule has 5 heteroatoms. The molecule has 2 atom stereocenters. The maximum Gasteiger partial charge on any atom is 0.223 e. The minimum Gasteiger partial charge on any atom is -0.441 e. The number of nitrogens with zero attached hydrogens (tertiary/aromatic N) is 2. The summed E-state index contributed by atoms with van der Waals surface area (Å²) in [5.41, 5.74) is 1.70. The third-order valence-electron chi connectivity index (χ3n) is 4.92. The molecular formula is C18H22N2O3. The summed E-state index contributed by atoms with van der Waals surface area (Å²) in [6, 6.07) is 8.07. The first kappa shape index (κ1) is 14.7. The van der Waals surface area contributed by atoms with Gasteiger partial charge in [0.15, 0.2) is 11.5 Å². The van der Waals surface area contributed by atoms with Crippen molar-refractivity contribution in [3.8, 4) is 0 Å². The summed E-state index contributed by atoms with van der Waals surface area (Å²) in [6.07, 6.45) is 5.66. The van der Waals surface area contributed by atoms with Crippen molar-refractivity contribution in [3.05, 3.63) is 30.2 Å². The Balaban J connectivity index is 1.32. The van der Waals surface area contributed by atoms with Crippen molar-refractivity contribution in [1.29, 1.82) is 0 Å². The van der Waals surface area contributed by atoms with E-state index in [1.54, 1.807) is 0 Å². The van der Waals surface area contributed by atoms with Crippen molar-refractivity contribution in [2.24, 2.45) is 0 Å². The second-order valence-electron chi connectivity index (χ2n) is 6.42. The molecule has 0 N–H and O–H groups in total. The van der Waals surface area contributed by atoms with Crippen LogP contribution in [-0.2, 0) is 16.0 Å². The molecule has 4 rings (SSSR count). The summed E-state index contributed by atoms with van der Waals surface area (Å²) < 4.78 is 11.5. The molecule has 2 aliphatic rings. The van der Waals surface area contributed by atoms with E-state index in [0.29, 0.717) is 25.5 Å². The van der Waals surface area contributed by atoms with E-state index in [-0.39, 0.29) is 12.0 Å². The zero-order valence-corrected chi connectivity index (χ0v) is 13.2. The third-order valence-corrected chi connectivity index (χ3v) is 4.92. The van der Waals surface area contributed by atoms with Crippen LogP contribution in [0.2, 0.25) is 0 Å². The van der Waals surface area contributed by atoms with E-state index in [2.05, 4.69) is 4.98 Å². The van der Waals surface area contributed by atoms with E-state index in [9.17, 15) is 4.79 Å². The minimum absolute atomic E-state index is 0.251. The fourth-order valence-corrected chi connectivity index (χ4v) is 3.80. The number of amides is 1. The second kappa shape index (κ2) is 6.32. The van der Waals surface area contributed by atoms with Crippen molar-refractivity contribution in [2.75, 3.05) is 13.2 Å². The van der Waals surface area contributed by atoms with E-state index in [4.69, 9.17) is 9.15 Å². The number of rotatable bonds is 4. The van der Waals surface area contributed by atoms with Gasteiger partial charge in [-0.25, -0.2) is 4.98 Å². The van der Waals surface area contributed by atoms with Crippen LogP contribution in [0.4, 0.5) is 0 Å². The molecule has 1 saturated heterocycles. The van der Waals surface area contributed by atoms with E-state index in [1.807, 2.05) is 29.2 Å². The molecule has 0 radical (unpaired) electrons. The normalized spacial score (nSPS) is 24.1. The predicted octanol–water partition coefficient (Wildman–Crippen LogP) is 2.93. The molecule has 5 nitrogen and oxygen atoms in total. The smallest absolute Gasteiger partial charge is 0.223 e. The Labute approximate surface area is 135 Å². The number of carbonyl (C=O) groups excluding carboxylic acids is 1. The van der Waals surface area contributed by atoms with Gasteiger partial charge in [-0.1, -0.05) is 12.1 Å². The average molecular weight is 314 g/mol. The first-order valence-electron chi connectivity index (χ1n) is 8.57. The molecule has 2 fully saturated rings. The number of hydrogen-bond donors (Lipinski definition) is 0. The van der Waals surface area contributed by atoms with Gasteiger partial charge >= 0.3 is 0 Å². The van der Waals surface area contributed by atoms with Gasteiger partial charge in [0.05, 0.1) is 18.8 Å². The molecule has 2 aromatic rings. The van der Waals surface area contributed by atoms with Crippen LogP contribution in [0.15, 0.2) is 28.7 Å². The molecule has 122 valence electrons. The average Bonchev–Trinajstić information content (AvgIpc) is 3.20. The van der Waals surface area contributed by atoms with Crippen LogP contribution in [0.1, 0.15) is 38.0 Å². The van der Waals surface area contributed by atoms with Crippen molar-refractivity contribution >= 4 is 17.0 Å². The lowest BCUT2D eigenvalue weighted by molar-refractivity contribution is -0.144. The maximum atomic E-state index is 12.5. The molecule has 2 heterocycles. The summed E-state index contributed by atoms with van der Waals surface area (Å²) in [4.78, 5) is 19.0. The number of morpholine rings is 1. The molecule has 1 aliphatic carbocycles. The Bertz CT molecular complexity index is 663. The van der Waals surface area contributed by atoms with Crippen molar-refractivity contribution in [3.63, 3.8) is 0 Å². The first-order valence-corrected chi connectivity index (χ1v) is 8.57. The maximum absolute atomic E-state index is 12.5. The quantitative estimate of drug-likeness (QED) is 0.870. The lowest BCUT2D eigenvalue weighted by Gasteiger charge is -2.37. The van der Waals surface area contributed by atoms with E-state index < -0.39 is 0 Å². The van der Waals surface area contributed by atoms with Crippen LogP contribution < -0.4 is 0 Å². The number of para-hydroxylation sites is 2. The Kier molecular flexibility index (Phi) is 4.04. The zero-order valence-electron chi connectivity index (χ0n) is 13.2. The van der Waals surface area contributed by atoms with Crippen LogP contribution >= 0.6 is 0 Å². The van der Waals surface area contributed by atoms with E-state index in [1.165, 1.54) is 6.42 Å². The van der Waals surface area contributed by atoms with Crippen LogP contribution in [0, 0.1) is 0 Å². The molecule has 1 amide bonds. The number of aromatic nitrogens is 1. The van der Waals surface area contributed by atoms with Gasteiger partial charge < -0.3 is 14.1 Å². The van der Waals surface area contributed by atoms with E-state index >= 15 is 0 Å².